The Balaban J connectivity index is 1.44. The summed E-state index contributed by atoms with van der Waals surface area (Å²) in [5, 5.41) is 13.3. The Morgan fingerprint density at radius 3 is 2.63 bits per heavy atom. The zero-order chi connectivity index (χ0) is 21.3. The third-order valence-corrected chi connectivity index (χ3v) is 5.76. The van der Waals surface area contributed by atoms with Crippen molar-refractivity contribution in [3.63, 3.8) is 0 Å². The van der Waals surface area contributed by atoms with Gasteiger partial charge >= 0.3 is 0 Å². The molecule has 0 saturated heterocycles. The lowest BCUT2D eigenvalue weighted by molar-refractivity contribution is 0.0889. The summed E-state index contributed by atoms with van der Waals surface area (Å²) in [6.45, 7) is 0.610. The van der Waals surface area contributed by atoms with Crippen molar-refractivity contribution in [3.05, 3.63) is 52.8 Å². The number of aromatic nitrogens is 1. The van der Waals surface area contributed by atoms with E-state index in [9.17, 15) is 4.79 Å². The van der Waals surface area contributed by atoms with Crippen LogP contribution in [-0.2, 0) is 0 Å². The van der Waals surface area contributed by atoms with Crippen LogP contribution in [0.5, 0.6) is 11.5 Å². The molecule has 1 fully saturated rings. The molecular formula is C22H23BrClN3O3. The first-order chi connectivity index (χ1) is 14.6. The lowest BCUT2D eigenvalue weighted by Crippen LogP contribution is -2.40. The fourth-order valence-corrected chi connectivity index (χ4v) is 3.72. The molecule has 1 amide bonds. The predicted octanol–water partition coefficient (Wildman–Crippen LogP) is 4.89. The van der Waals surface area contributed by atoms with Crippen LogP contribution in [0.2, 0.25) is 5.02 Å². The monoisotopic (exact) mass is 491 g/mol. The van der Waals surface area contributed by atoms with E-state index >= 15 is 0 Å². The van der Waals surface area contributed by atoms with Gasteiger partial charge in [0.15, 0.2) is 0 Å². The van der Waals surface area contributed by atoms with Crippen LogP contribution in [0.1, 0.15) is 48.2 Å². The molecule has 3 rings (SSSR count). The number of hydrogen-bond donors (Lipinski definition) is 1. The summed E-state index contributed by atoms with van der Waals surface area (Å²) < 4.78 is 11.5. The van der Waals surface area contributed by atoms with E-state index in [2.05, 4.69) is 26.2 Å². The first kappa shape index (κ1) is 22.4. The highest BCUT2D eigenvalue weighted by atomic mass is 79.9. The van der Waals surface area contributed by atoms with E-state index in [1.165, 1.54) is 0 Å². The van der Waals surface area contributed by atoms with Crippen molar-refractivity contribution in [2.75, 3.05) is 11.9 Å². The Morgan fingerprint density at radius 2 is 2.00 bits per heavy atom. The minimum absolute atomic E-state index is 0.0660. The number of hydrogen-bond acceptors (Lipinski definition) is 5. The summed E-state index contributed by atoms with van der Waals surface area (Å²) in [5.41, 5.74) is 0.816. The Hall–Kier alpha value is -2.30. The highest BCUT2D eigenvalue weighted by molar-refractivity contribution is 9.09. The number of carbonyl (C=O) groups excluding carboxylic acids is 1. The van der Waals surface area contributed by atoms with E-state index in [0.717, 1.165) is 37.4 Å². The number of rotatable bonds is 8. The van der Waals surface area contributed by atoms with E-state index in [1.54, 1.807) is 36.5 Å². The molecule has 1 aromatic carbocycles. The van der Waals surface area contributed by atoms with Gasteiger partial charge in [-0.2, -0.15) is 5.26 Å². The van der Waals surface area contributed by atoms with Crippen molar-refractivity contribution in [1.29, 1.82) is 5.26 Å². The predicted molar refractivity (Wildman–Crippen MR) is 118 cm³/mol. The molecule has 0 bridgehead atoms. The van der Waals surface area contributed by atoms with Gasteiger partial charge in [0.2, 0.25) is 0 Å². The van der Waals surface area contributed by atoms with Crippen molar-refractivity contribution in [2.45, 2.75) is 44.2 Å². The van der Waals surface area contributed by atoms with Gasteiger partial charge in [-0.3, -0.25) is 4.79 Å². The minimum Gasteiger partial charge on any atom is -0.492 e. The van der Waals surface area contributed by atoms with Crippen molar-refractivity contribution in [1.82, 2.24) is 10.3 Å². The Morgan fingerprint density at radius 1 is 1.23 bits per heavy atom. The largest absolute Gasteiger partial charge is 0.492 e. The van der Waals surface area contributed by atoms with E-state index in [4.69, 9.17) is 26.3 Å². The highest BCUT2D eigenvalue weighted by Gasteiger charge is 2.24. The lowest BCUT2D eigenvalue weighted by atomic mass is 9.92. The summed E-state index contributed by atoms with van der Waals surface area (Å²) in [6.07, 6.45) is 5.87. The molecule has 1 heterocycles. The molecule has 30 heavy (non-hydrogen) atoms. The van der Waals surface area contributed by atoms with Gasteiger partial charge in [0.1, 0.15) is 23.3 Å². The fourth-order valence-electron chi connectivity index (χ4n) is 3.28. The molecule has 0 radical (unpaired) electrons. The van der Waals surface area contributed by atoms with Gasteiger partial charge < -0.3 is 14.8 Å². The van der Waals surface area contributed by atoms with Gasteiger partial charge in [0, 0.05) is 17.4 Å². The molecule has 1 N–H and O–H groups in total. The van der Waals surface area contributed by atoms with Crippen LogP contribution < -0.4 is 14.8 Å². The van der Waals surface area contributed by atoms with Gasteiger partial charge in [-0.15, -0.1) is 0 Å². The van der Waals surface area contributed by atoms with Gasteiger partial charge in [0.25, 0.3) is 5.91 Å². The van der Waals surface area contributed by atoms with E-state index in [1.807, 2.05) is 6.07 Å². The van der Waals surface area contributed by atoms with E-state index < -0.39 is 0 Å². The molecule has 158 valence electrons. The second-order valence-corrected chi connectivity index (χ2v) is 8.29. The quantitative estimate of drug-likeness (QED) is 0.419. The standard InChI is InChI=1S/C22H23BrClN3O3/c23-10-1-11-29-19-8-9-21(26-14-19)22(28)27-16-3-6-17(7-4-16)30-18-5-2-15(13-25)20(24)12-18/h2,5,8-9,12,14,16-17H,1,3-4,6-7,10-11H2,(H,27,28). The van der Waals surface area contributed by atoms with Gasteiger partial charge in [-0.1, -0.05) is 27.5 Å². The maximum atomic E-state index is 12.5. The molecule has 0 aliphatic heterocycles. The fraction of sp³-hybridized carbons (Fsp3) is 0.409. The summed E-state index contributed by atoms with van der Waals surface area (Å²) in [7, 11) is 0. The van der Waals surface area contributed by atoms with Gasteiger partial charge in [0.05, 0.1) is 29.5 Å². The van der Waals surface area contributed by atoms with Crippen LogP contribution in [0.4, 0.5) is 0 Å². The number of nitrogens with one attached hydrogen (secondary N) is 1. The molecule has 1 aliphatic carbocycles. The number of pyridine rings is 1. The number of halogens is 2. The van der Waals surface area contributed by atoms with E-state index in [0.29, 0.717) is 34.4 Å². The van der Waals surface area contributed by atoms with Crippen LogP contribution in [0.15, 0.2) is 36.5 Å². The maximum Gasteiger partial charge on any atom is 0.270 e. The van der Waals surface area contributed by atoms with Crippen molar-refractivity contribution in [2.24, 2.45) is 0 Å². The smallest absolute Gasteiger partial charge is 0.270 e. The molecule has 1 saturated carbocycles. The Kier molecular flexibility index (Phi) is 8.35. The number of benzene rings is 1. The van der Waals surface area contributed by atoms with Crippen LogP contribution >= 0.6 is 27.5 Å². The third kappa shape index (κ3) is 6.35. The summed E-state index contributed by atoms with van der Waals surface area (Å²) >= 11 is 9.42. The topological polar surface area (TPSA) is 84.2 Å². The third-order valence-electron chi connectivity index (χ3n) is 4.89. The van der Waals surface area contributed by atoms with Gasteiger partial charge in [-0.05, 0) is 56.4 Å². The molecular weight excluding hydrogens is 470 g/mol. The molecule has 2 aromatic rings. The minimum atomic E-state index is -0.176. The van der Waals surface area contributed by atoms with Crippen molar-refractivity contribution < 1.29 is 14.3 Å². The van der Waals surface area contributed by atoms with Crippen LogP contribution in [-0.4, -0.2) is 35.0 Å². The number of ether oxygens (including phenoxy) is 2. The normalized spacial score (nSPS) is 18.3. The SMILES string of the molecule is N#Cc1ccc(OC2CCC(NC(=O)c3ccc(OCCCBr)cn3)CC2)cc1Cl. The number of carbonyl (C=O) groups is 1. The first-order valence-electron chi connectivity index (χ1n) is 9.91. The lowest BCUT2D eigenvalue weighted by Gasteiger charge is -2.29. The highest BCUT2D eigenvalue weighted by Crippen LogP contribution is 2.27. The zero-order valence-corrected chi connectivity index (χ0v) is 18.8. The molecule has 6 nitrogen and oxygen atoms in total. The molecule has 1 aromatic heterocycles. The number of alkyl halides is 1. The molecule has 0 unspecified atom stereocenters. The number of nitrogens with zero attached hydrogens (tertiary/aromatic N) is 2. The van der Waals surface area contributed by atoms with Crippen molar-refractivity contribution >= 4 is 33.4 Å². The van der Waals surface area contributed by atoms with Gasteiger partial charge in [-0.25, -0.2) is 4.98 Å². The molecule has 1 aliphatic rings. The van der Waals surface area contributed by atoms with Crippen LogP contribution in [0.3, 0.4) is 0 Å². The summed E-state index contributed by atoms with van der Waals surface area (Å²) in [4.78, 5) is 16.7. The maximum absolute atomic E-state index is 12.5. The number of amides is 1. The Bertz CT molecular complexity index is 893. The average molecular weight is 493 g/mol. The molecule has 8 heteroatoms. The summed E-state index contributed by atoms with van der Waals surface area (Å²) in [5.74, 6) is 1.15. The zero-order valence-electron chi connectivity index (χ0n) is 16.4. The second-order valence-electron chi connectivity index (χ2n) is 7.09. The summed E-state index contributed by atoms with van der Waals surface area (Å²) in [6, 6.07) is 10.7. The van der Waals surface area contributed by atoms with Crippen molar-refractivity contribution in [3.8, 4) is 17.6 Å². The first-order valence-corrected chi connectivity index (χ1v) is 11.4. The second kappa shape index (κ2) is 11.2. The van der Waals surface area contributed by atoms with Crippen LogP contribution in [0, 0.1) is 11.3 Å². The van der Waals surface area contributed by atoms with Crippen LogP contribution in [0.25, 0.3) is 0 Å². The molecule has 0 atom stereocenters. The van der Waals surface area contributed by atoms with E-state index in [-0.39, 0.29) is 18.1 Å². The number of nitriles is 1. The molecule has 0 spiro atoms. The Labute approximate surface area is 189 Å². The average Bonchev–Trinajstić information content (AvgIpc) is 2.76.